The fraction of sp³-hybridized carbons (Fsp3) is 0.667. The van der Waals surface area contributed by atoms with Gasteiger partial charge in [-0.25, -0.2) is 0 Å². The number of hydrogen-bond acceptors (Lipinski definition) is 5. The summed E-state index contributed by atoms with van der Waals surface area (Å²) in [5.41, 5.74) is -1.07. The molecule has 0 aliphatic carbocycles. The van der Waals surface area contributed by atoms with Gasteiger partial charge in [0.25, 0.3) is 10.1 Å². The molecule has 0 amide bonds. The number of ether oxygens (including phenoxy) is 2. The van der Waals surface area contributed by atoms with E-state index in [-0.39, 0.29) is 6.61 Å². The Morgan fingerprint density at radius 1 is 0.958 bits per heavy atom. The van der Waals surface area contributed by atoms with Crippen LogP contribution in [0.25, 0.3) is 0 Å². The Kier molecular flexibility index (Phi) is 9.98. The normalized spacial score (nSPS) is 14.3. The number of unbranched alkanes of at least 4 members (excludes halogenated alkanes) is 5. The Morgan fingerprint density at radius 2 is 1.58 bits per heavy atom. The van der Waals surface area contributed by atoms with Crippen LogP contribution >= 0.6 is 0 Å². The molecule has 0 heterocycles. The summed E-state index contributed by atoms with van der Waals surface area (Å²) in [5, 5.41) is 0. The van der Waals surface area contributed by atoms with Gasteiger partial charge >= 0.3 is 0 Å². The van der Waals surface area contributed by atoms with Crippen LogP contribution in [0.3, 0.4) is 0 Å². The summed E-state index contributed by atoms with van der Waals surface area (Å²) in [6.45, 7) is 5.49. The van der Waals surface area contributed by atoms with Crippen LogP contribution in [0.4, 0.5) is 0 Å². The third-order valence-electron chi connectivity index (χ3n) is 3.58. The van der Waals surface area contributed by atoms with Crippen molar-refractivity contribution in [2.24, 2.45) is 0 Å². The minimum absolute atomic E-state index is 0.204. The molecular formula is C18H30O5S. The molecule has 2 unspecified atom stereocenters. The summed E-state index contributed by atoms with van der Waals surface area (Å²) in [6.07, 6.45) is 5.77. The molecule has 1 aromatic rings. The molecule has 6 heteroatoms. The second-order valence-corrected chi connectivity index (χ2v) is 7.67. The van der Waals surface area contributed by atoms with Crippen molar-refractivity contribution in [2.45, 2.75) is 71.0 Å². The lowest BCUT2D eigenvalue weighted by Gasteiger charge is -2.20. The van der Waals surface area contributed by atoms with E-state index in [2.05, 4.69) is 6.92 Å². The molecular weight excluding hydrogens is 328 g/mol. The lowest BCUT2D eigenvalue weighted by atomic mass is 10.1. The predicted molar refractivity (Wildman–Crippen MR) is 95.3 cm³/mol. The van der Waals surface area contributed by atoms with Crippen LogP contribution in [-0.4, -0.2) is 26.8 Å². The zero-order valence-corrected chi connectivity index (χ0v) is 15.8. The van der Waals surface area contributed by atoms with E-state index in [0.29, 0.717) is 5.75 Å². The van der Waals surface area contributed by atoms with Crippen molar-refractivity contribution < 1.29 is 22.1 Å². The van der Waals surface area contributed by atoms with Crippen molar-refractivity contribution in [3.05, 3.63) is 30.3 Å². The smallest absolute Gasteiger partial charge is 0.294 e. The molecule has 0 aliphatic rings. The molecule has 0 saturated carbocycles. The SMILES string of the molecule is CCCCCCCCOS(=O)(=O)C(C)OC(C)Oc1ccccc1. The van der Waals surface area contributed by atoms with Crippen LogP contribution in [0.5, 0.6) is 5.75 Å². The first kappa shape index (κ1) is 20.9. The van der Waals surface area contributed by atoms with Crippen LogP contribution < -0.4 is 4.74 Å². The van der Waals surface area contributed by atoms with Crippen LogP contribution in [0.15, 0.2) is 30.3 Å². The Bertz CT molecular complexity index is 530. The van der Waals surface area contributed by atoms with Gasteiger partial charge in [0, 0.05) is 0 Å². The first-order valence-electron chi connectivity index (χ1n) is 8.71. The maximum atomic E-state index is 12.1. The number of para-hydroxylation sites is 1. The summed E-state index contributed by atoms with van der Waals surface area (Å²) >= 11 is 0. The Balaban J connectivity index is 2.27. The van der Waals surface area contributed by atoms with Crippen molar-refractivity contribution in [1.82, 2.24) is 0 Å². The van der Waals surface area contributed by atoms with Crippen LogP contribution in [0, 0.1) is 0 Å². The number of rotatable bonds is 13. The van der Waals surface area contributed by atoms with E-state index in [4.69, 9.17) is 13.7 Å². The molecule has 0 fully saturated rings. The van der Waals surface area contributed by atoms with Gasteiger partial charge in [-0.15, -0.1) is 0 Å². The zero-order valence-electron chi connectivity index (χ0n) is 14.9. The third-order valence-corrected chi connectivity index (χ3v) is 5.00. The highest BCUT2D eigenvalue weighted by molar-refractivity contribution is 7.87. The molecule has 0 radical (unpaired) electrons. The lowest BCUT2D eigenvalue weighted by Crippen LogP contribution is -2.30. The Morgan fingerprint density at radius 3 is 2.25 bits per heavy atom. The maximum Gasteiger partial charge on any atom is 0.294 e. The quantitative estimate of drug-likeness (QED) is 0.295. The molecule has 1 rings (SSSR count). The van der Waals surface area contributed by atoms with Gasteiger partial charge in [-0.2, -0.15) is 8.42 Å². The minimum Gasteiger partial charge on any atom is -0.465 e. The summed E-state index contributed by atoms with van der Waals surface area (Å²) < 4.78 is 40.1. The molecule has 0 aliphatic heterocycles. The molecule has 0 bridgehead atoms. The second-order valence-electron chi connectivity index (χ2n) is 5.78. The molecule has 1 aromatic carbocycles. The summed E-state index contributed by atoms with van der Waals surface area (Å²) in [4.78, 5) is 0. The highest BCUT2D eigenvalue weighted by Crippen LogP contribution is 2.15. The summed E-state index contributed by atoms with van der Waals surface area (Å²) in [5.74, 6) is 0.627. The van der Waals surface area contributed by atoms with E-state index in [0.717, 1.165) is 19.3 Å². The molecule has 2 atom stereocenters. The first-order valence-corrected chi connectivity index (χ1v) is 10.2. The average Bonchev–Trinajstić information content (AvgIpc) is 2.54. The monoisotopic (exact) mass is 358 g/mol. The minimum atomic E-state index is -3.75. The van der Waals surface area contributed by atoms with Crippen LogP contribution in [-0.2, 0) is 19.0 Å². The summed E-state index contributed by atoms with van der Waals surface area (Å²) in [7, 11) is -3.75. The zero-order chi connectivity index (χ0) is 17.8. The number of hydrogen-bond donors (Lipinski definition) is 0. The highest BCUT2D eigenvalue weighted by Gasteiger charge is 2.25. The van der Waals surface area contributed by atoms with Gasteiger partial charge in [0.2, 0.25) is 0 Å². The van der Waals surface area contributed by atoms with Gasteiger partial charge in [-0.05, 0) is 32.4 Å². The predicted octanol–water partition coefficient (Wildman–Crippen LogP) is 4.48. The average molecular weight is 359 g/mol. The second kappa shape index (κ2) is 11.4. The van der Waals surface area contributed by atoms with Crippen molar-refractivity contribution in [2.75, 3.05) is 6.61 Å². The molecule has 138 valence electrons. The van der Waals surface area contributed by atoms with Crippen molar-refractivity contribution in [1.29, 1.82) is 0 Å². The molecule has 24 heavy (non-hydrogen) atoms. The largest absolute Gasteiger partial charge is 0.465 e. The molecule has 0 N–H and O–H groups in total. The van der Waals surface area contributed by atoms with Crippen molar-refractivity contribution in [3.63, 3.8) is 0 Å². The van der Waals surface area contributed by atoms with Crippen molar-refractivity contribution >= 4 is 10.1 Å². The van der Waals surface area contributed by atoms with Crippen LogP contribution in [0.1, 0.15) is 59.3 Å². The van der Waals surface area contributed by atoms with Gasteiger partial charge < -0.3 is 9.47 Å². The first-order chi connectivity index (χ1) is 11.5. The van der Waals surface area contributed by atoms with E-state index in [1.165, 1.54) is 26.2 Å². The summed E-state index contributed by atoms with van der Waals surface area (Å²) in [6, 6.07) is 9.13. The molecule has 0 saturated heterocycles. The highest BCUT2D eigenvalue weighted by atomic mass is 32.2. The standard InChI is InChI=1S/C18H30O5S/c1-4-5-6-7-8-12-15-21-24(19,20)17(3)22-16(2)23-18-13-10-9-11-14-18/h9-11,13-14,16-17H,4-8,12,15H2,1-3H3. The van der Waals surface area contributed by atoms with Gasteiger partial charge in [-0.1, -0.05) is 57.2 Å². The van der Waals surface area contributed by atoms with Gasteiger partial charge in [-0.3, -0.25) is 4.18 Å². The molecule has 0 spiro atoms. The fourth-order valence-electron chi connectivity index (χ4n) is 2.21. The van der Waals surface area contributed by atoms with E-state index in [9.17, 15) is 8.42 Å². The van der Waals surface area contributed by atoms with E-state index >= 15 is 0 Å². The number of benzene rings is 1. The van der Waals surface area contributed by atoms with Gasteiger partial charge in [0.15, 0.2) is 11.7 Å². The fourth-order valence-corrected chi connectivity index (χ4v) is 3.04. The topological polar surface area (TPSA) is 61.8 Å². The van der Waals surface area contributed by atoms with E-state index < -0.39 is 21.8 Å². The van der Waals surface area contributed by atoms with Gasteiger partial charge in [0.05, 0.1) is 6.61 Å². The Hall–Kier alpha value is -1.11. The molecule has 0 aromatic heterocycles. The third kappa shape index (κ3) is 8.66. The Labute approximate surface area is 146 Å². The maximum absolute atomic E-state index is 12.1. The van der Waals surface area contributed by atoms with E-state index in [1.807, 2.05) is 18.2 Å². The van der Waals surface area contributed by atoms with Crippen LogP contribution in [0.2, 0.25) is 0 Å². The lowest BCUT2D eigenvalue weighted by molar-refractivity contribution is -0.0785. The van der Waals surface area contributed by atoms with Gasteiger partial charge in [0.1, 0.15) is 5.75 Å². The van der Waals surface area contributed by atoms with E-state index in [1.54, 1.807) is 19.1 Å². The van der Waals surface area contributed by atoms with Crippen molar-refractivity contribution in [3.8, 4) is 5.75 Å². The molecule has 5 nitrogen and oxygen atoms in total.